The zero-order chi connectivity index (χ0) is 15.9. The summed E-state index contributed by atoms with van der Waals surface area (Å²) in [7, 11) is -3.40. The molecular formula is C15H28N2O2S2. The lowest BCUT2D eigenvalue weighted by Crippen LogP contribution is -2.39. The fourth-order valence-corrected chi connectivity index (χ4v) is 5.28. The van der Waals surface area contributed by atoms with Crippen molar-refractivity contribution in [2.75, 3.05) is 13.1 Å². The molecule has 6 heteroatoms. The van der Waals surface area contributed by atoms with E-state index in [1.165, 1.54) is 11.3 Å². The van der Waals surface area contributed by atoms with Crippen LogP contribution in [0, 0.1) is 0 Å². The first-order chi connectivity index (χ1) is 9.98. The van der Waals surface area contributed by atoms with E-state index in [0.717, 1.165) is 30.7 Å². The van der Waals surface area contributed by atoms with Crippen molar-refractivity contribution < 1.29 is 8.42 Å². The van der Waals surface area contributed by atoms with Crippen LogP contribution >= 0.6 is 11.3 Å². The summed E-state index contributed by atoms with van der Waals surface area (Å²) >= 11 is 1.51. The predicted octanol–water partition coefficient (Wildman–Crippen LogP) is 3.45. The molecule has 0 saturated heterocycles. The molecule has 122 valence electrons. The molecule has 1 rings (SSSR count). The van der Waals surface area contributed by atoms with Gasteiger partial charge in [-0.15, -0.1) is 11.3 Å². The topological polar surface area (TPSA) is 49.4 Å². The second kappa shape index (κ2) is 8.88. The van der Waals surface area contributed by atoms with E-state index < -0.39 is 10.0 Å². The first-order valence-electron chi connectivity index (χ1n) is 7.77. The number of nitrogens with zero attached hydrogens (tertiary/aromatic N) is 1. The van der Waals surface area contributed by atoms with Gasteiger partial charge in [0.25, 0.3) is 0 Å². The van der Waals surface area contributed by atoms with Crippen molar-refractivity contribution in [2.24, 2.45) is 0 Å². The molecule has 21 heavy (non-hydrogen) atoms. The zero-order valence-corrected chi connectivity index (χ0v) is 15.2. The normalized spacial score (nSPS) is 13.8. The lowest BCUT2D eigenvalue weighted by Gasteiger charge is -2.27. The van der Waals surface area contributed by atoms with E-state index in [-0.39, 0.29) is 6.04 Å². The van der Waals surface area contributed by atoms with Crippen molar-refractivity contribution in [2.45, 2.75) is 64.4 Å². The maximum atomic E-state index is 13.0. The third-order valence-electron chi connectivity index (χ3n) is 3.64. The van der Waals surface area contributed by atoms with Gasteiger partial charge in [-0.25, -0.2) is 8.42 Å². The molecule has 0 spiro atoms. The Bertz CT molecular complexity index is 511. The molecule has 0 radical (unpaired) electrons. The molecule has 0 aliphatic rings. The SMILES string of the molecule is CCCCN(C(C)CC)S(=O)(=O)c1ccsc1CNCC. The highest BCUT2D eigenvalue weighted by atomic mass is 32.2. The van der Waals surface area contributed by atoms with Crippen molar-refractivity contribution in [3.05, 3.63) is 16.3 Å². The van der Waals surface area contributed by atoms with Crippen LogP contribution in [0.3, 0.4) is 0 Å². The van der Waals surface area contributed by atoms with Crippen molar-refractivity contribution in [1.82, 2.24) is 9.62 Å². The van der Waals surface area contributed by atoms with E-state index in [2.05, 4.69) is 12.2 Å². The number of hydrogen-bond acceptors (Lipinski definition) is 4. The fourth-order valence-electron chi connectivity index (χ4n) is 2.15. The van der Waals surface area contributed by atoms with Crippen LogP contribution in [0.5, 0.6) is 0 Å². The average molecular weight is 333 g/mol. The van der Waals surface area contributed by atoms with Gasteiger partial charge < -0.3 is 5.32 Å². The van der Waals surface area contributed by atoms with Crippen LogP contribution in [0.25, 0.3) is 0 Å². The van der Waals surface area contributed by atoms with Gasteiger partial charge in [-0.1, -0.05) is 27.2 Å². The van der Waals surface area contributed by atoms with E-state index in [0.29, 0.717) is 18.0 Å². The summed E-state index contributed by atoms with van der Waals surface area (Å²) in [4.78, 5) is 1.38. The highest BCUT2D eigenvalue weighted by molar-refractivity contribution is 7.89. The molecule has 1 unspecified atom stereocenters. The quantitative estimate of drug-likeness (QED) is 0.714. The summed E-state index contributed by atoms with van der Waals surface area (Å²) < 4.78 is 27.7. The van der Waals surface area contributed by atoms with Crippen LogP contribution in [-0.4, -0.2) is 31.9 Å². The number of rotatable bonds is 10. The summed E-state index contributed by atoms with van der Waals surface area (Å²) in [6, 6.07) is 1.78. The highest BCUT2D eigenvalue weighted by Gasteiger charge is 2.30. The number of sulfonamides is 1. The third kappa shape index (κ3) is 4.77. The summed E-state index contributed by atoms with van der Waals surface area (Å²) in [5, 5.41) is 5.09. The molecular weight excluding hydrogens is 304 g/mol. The van der Waals surface area contributed by atoms with E-state index >= 15 is 0 Å². The second-order valence-electron chi connectivity index (χ2n) is 5.21. The molecule has 0 saturated carbocycles. The van der Waals surface area contributed by atoms with Gasteiger partial charge in [-0.05, 0) is 37.8 Å². The molecule has 0 fully saturated rings. The smallest absolute Gasteiger partial charge is 0.244 e. The molecule has 0 aromatic carbocycles. The Kier molecular flexibility index (Phi) is 7.87. The molecule has 1 atom stereocenters. The molecule has 1 heterocycles. The standard InChI is InChI=1S/C15H28N2O2S2/c1-5-8-10-17(13(4)6-2)21(18,19)15-9-11-20-14(15)12-16-7-3/h9,11,13,16H,5-8,10,12H2,1-4H3. The van der Waals surface area contributed by atoms with Crippen LogP contribution in [0.2, 0.25) is 0 Å². The van der Waals surface area contributed by atoms with E-state index in [4.69, 9.17) is 0 Å². The molecule has 0 bridgehead atoms. The highest BCUT2D eigenvalue weighted by Crippen LogP contribution is 2.27. The molecule has 0 aliphatic heterocycles. The monoisotopic (exact) mass is 332 g/mol. The van der Waals surface area contributed by atoms with Crippen LogP contribution < -0.4 is 5.32 Å². The summed E-state index contributed by atoms with van der Waals surface area (Å²) in [5.74, 6) is 0. The molecule has 1 aromatic rings. The van der Waals surface area contributed by atoms with Gasteiger partial charge in [0.1, 0.15) is 0 Å². The number of hydrogen-bond donors (Lipinski definition) is 1. The van der Waals surface area contributed by atoms with Crippen LogP contribution in [0.1, 0.15) is 51.8 Å². The maximum absolute atomic E-state index is 13.0. The number of thiophene rings is 1. The predicted molar refractivity (Wildman–Crippen MR) is 90.3 cm³/mol. The Morgan fingerprint density at radius 1 is 1.33 bits per heavy atom. The van der Waals surface area contributed by atoms with E-state index in [1.54, 1.807) is 10.4 Å². The lowest BCUT2D eigenvalue weighted by molar-refractivity contribution is 0.324. The minimum absolute atomic E-state index is 0.0356. The average Bonchev–Trinajstić information content (AvgIpc) is 2.94. The Labute approximate surface area is 133 Å². The van der Waals surface area contributed by atoms with Crippen molar-refractivity contribution in [1.29, 1.82) is 0 Å². The molecule has 1 N–H and O–H groups in total. The van der Waals surface area contributed by atoms with Gasteiger partial charge in [0.15, 0.2) is 0 Å². The van der Waals surface area contributed by atoms with Gasteiger partial charge in [0.05, 0.1) is 4.90 Å². The Morgan fingerprint density at radius 3 is 2.62 bits per heavy atom. The van der Waals surface area contributed by atoms with Gasteiger partial charge >= 0.3 is 0 Å². The summed E-state index contributed by atoms with van der Waals surface area (Å²) in [5.41, 5.74) is 0. The van der Waals surface area contributed by atoms with E-state index in [1.807, 2.05) is 26.2 Å². The van der Waals surface area contributed by atoms with E-state index in [9.17, 15) is 8.42 Å². The van der Waals surface area contributed by atoms with Crippen molar-refractivity contribution in [3.8, 4) is 0 Å². The minimum atomic E-state index is -3.40. The van der Waals surface area contributed by atoms with Gasteiger partial charge in [-0.2, -0.15) is 4.31 Å². The number of unbranched alkanes of at least 4 members (excludes halogenated alkanes) is 1. The van der Waals surface area contributed by atoms with Crippen LogP contribution in [0.4, 0.5) is 0 Å². The first-order valence-corrected chi connectivity index (χ1v) is 10.1. The molecule has 0 amide bonds. The van der Waals surface area contributed by atoms with Crippen molar-refractivity contribution in [3.63, 3.8) is 0 Å². The maximum Gasteiger partial charge on any atom is 0.244 e. The lowest BCUT2D eigenvalue weighted by atomic mass is 10.2. The van der Waals surface area contributed by atoms with Crippen LogP contribution in [-0.2, 0) is 16.6 Å². The van der Waals surface area contributed by atoms with Gasteiger partial charge in [-0.3, -0.25) is 0 Å². The zero-order valence-electron chi connectivity index (χ0n) is 13.6. The second-order valence-corrected chi connectivity index (χ2v) is 8.07. The van der Waals surface area contributed by atoms with Gasteiger partial charge in [0, 0.05) is 24.0 Å². The fraction of sp³-hybridized carbons (Fsp3) is 0.733. The summed E-state index contributed by atoms with van der Waals surface area (Å²) in [6.45, 7) is 10.2. The Balaban J connectivity index is 3.07. The Hall–Kier alpha value is -0.430. The first kappa shape index (κ1) is 18.6. The number of nitrogens with one attached hydrogen (secondary N) is 1. The van der Waals surface area contributed by atoms with Gasteiger partial charge in [0.2, 0.25) is 10.0 Å². The minimum Gasteiger partial charge on any atom is -0.312 e. The molecule has 0 aliphatic carbocycles. The summed E-state index contributed by atoms with van der Waals surface area (Å²) in [6.07, 6.45) is 2.72. The van der Waals surface area contributed by atoms with Crippen molar-refractivity contribution >= 4 is 21.4 Å². The molecule has 1 aromatic heterocycles. The molecule has 4 nitrogen and oxygen atoms in total. The third-order valence-corrected chi connectivity index (χ3v) is 6.79. The largest absolute Gasteiger partial charge is 0.312 e. The van der Waals surface area contributed by atoms with Crippen LogP contribution in [0.15, 0.2) is 16.3 Å². The Morgan fingerprint density at radius 2 is 2.05 bits per heavy atom.